The zero-order valence-electron chi connectivity index (χ0n) is 12.0. The molecular formula is C15H24N2O2. The Labute approximate surface area is 115 Å². The van der Waals surface area contributed by atoms with E-state index in [4.69, 9.17) is 10.5 Å². The van der Waals surface area contributed by atoms with Gasteiger partial charge in [0.15, 0.2) is 6.61 Å². The predicted octanol–water partition coefficient (Wildman–Crippen LogP) is 2.39. The van der Waals surface area contributed by atoms with Gasteiger partial charge in [-0.25, -0.2) is 0 Å². The molecule has 19 heavy (non-hydrogen) atoms. The van der Waals surface area contributed by atoms with Crippen LogP contribution in [0.25, 0.3) is 0 Å². The molecule has 1 amide bonds. The Morgan fingerprint density at radius 1 is 1.26 bits per heavy atom. The number of benzene rings is 1. The quantitative estimate of drug-likeness (QED) is 0.794. The van der Waals surface area contributed by atoms with E-state index in [1.54, 1.807) is 0 Å². The number of nitrogens with two attached hydrogens (primary N) is 1. The van der Waals surface area contributed by atoms with Gasteiger partial charge < -0.3 is 15.8 Å². The third kappa shape index (κ3) is 5.30. The molecule has 0 saturated carbocycles. The zero-order chi connectivity index (χ0) is 14.3. The topological polar surface area (TPSA) is 64.3 Å². The van der Waals surface area contributed by atoms with Gasteiger partial charge in [0.05, 0.1) is 0 Å². The van der Waals surface area contributed by atoms with Crippen LogP contribution in [0.15, 0.2) is 24.3 Å². The maximum Gasteiger partial charge on any atom is 0.258 e. The monoisotopic (exact) mass is 264 g/mol. The zero-order valence-corrected chi connectivity index (χ0v) is 12.0. The van der Waals surface area contributed by atoms with Crippen LogP contribution >= 0.6 is 0 Å². The number of nitrogens with one attached hydrogen (secondary N) is 1. The molecule has 0 radical (unpaired) electrons. The van der Waals surface area contributed by atoms with Crippen molar-refractivity contribution >= 4 is 5.91 Å². The third-order valence-corrected chi connectivity index (χ3v) is 3.14. The van der Waals surface area contributed by atoms with Crippen LogP contribution in [-0.4, -0.2) is 18.6 Å². The fourth-order valence-electron chi connectivity index (χ4n) is 1.61. The molecule has 1 aromatic rings. The van der Waals surface area contributed by atoms with E-state index in [1.165, 1.54) is 0 Å². The molecule has 2 atom stereocenters. The van der Waals surface area contributed by atoms with Gasteiger partial charge in [-0.2, -0.15) is 0 Å². The largest absolute Gasteiger partial charge is 0.484 e. The molecule has 1 unspecified atom stereocenters. The van der Waals surface area contributed by atoms with Crippen LogP contribution < -0.4 is 15.8 Å². The van der Waals surface area contributed by atoms with Crippen molar-refractivity contribution in [2.45, 2.75) is 45.7 Å². The lowest BCUT2D eigenvalue weighted by atomic mass is 10.1. The SMILES string of the molecule is CCC(C)NC(=O)COc1ccc([C@H](N)CC)cc1. The van der Waals surface area contributed by atoms with Crippen LogP contribution in [0.1, 0.15) is 45.2 Å². The minimum atomic E-state index is -0.0938. The average Bonchev–Trinajstić information content (AvgIpc) is 2.44. The molecule has 1 aromatic carbocycles. The van der Waals surface area contributed by atoms with Gasteiger partial charge in [0, 0.05) is 12.1 Å². The summed E-state index contributed by atoms with van der Waals surface area (Å²) in [6.07, 6.45) is 1.81. The standard InChI is InChI=1S/C15H24N2O2/c1-4-11(3)17-15(18)10-19-13-8-6-12(7-9-13)14(16)5-2/h6-9,11,14H,4-5,10,16H2,1-3H3,(H,17,18)/t11?,14-/m1/s1. The first-order valence-electron chi connectivity index (χ1n) is 6.84. The van der Waals surface area contributed by atoms with Gasteiger partial charge in [0.2, 0.25) is 0 Å². The molecule has 0 saturated heterocycles. The Hall–Kier alpha value is -1.55. The molecule has 0 aliphatic rings. The number of carbonyl (C=O) groups is 1. The minimum absolute atomic E-state index is 0.0452. The summed E-state index contributed by atoms with van der Waals surface area (Å²) in [6, 6.07) is 7.82. The Bertz CT molecular complexity index is 390. The van der Waals surface area contributed by atoms with Gasteiger partial charge in [0.25, 0.3) is 5.91 Å². The highest BCUT2D eigenvalue weighted by molar-refractivity contribution is 5.77. The Morgan fingerprint density at radius 2 is 1.89 bits per heavy atom. The lowest BCUT2D eigenvalue weighted by Crippen LogP contribution is -2.35. The van der Waals surface area contributed by atoms with Crippen LogP contribution in [0.5, 0.6) is 5.75 Å². The first-order chi connectivity index (χ1) is 9.06. The van der Waals surface area contributed by atoms with E-state index in [-0.39, 0.29) is 24.6 Å². The van der Waals surface area contributed by atoms with Crippen molar-refractivity contribution < 1.29 is 9.53 Å². The molecule has 4 nitrogen and oxygen atoms in total. The number of hydrogen-bond acceptors (Lipinski definition) is 3. The summed E-state index contributed by atoms with van der Waals surface area (Å²) in [5.74, 6) is 0.593. The van der Waals surface area contributed by atoms with Crippen molar-refractivity contribution in [2.24, 2.45) is 5.73 Å². The molecule has 0 aliphatic heterocycles. The van der Waals surface area contributed by atoms with Gasteiger partial charge in [-0.1, -0.05) is 26.0 Å². The molecule has 3 N–H and O–H groups in total. The first kappa shape index (κ1) is 15.5. The molecule has 0 spiro atoms. The number of rotatable bonds is 7. The van der Waals surface area contributed by atoms with Crippen molar-refractivity contribution in [3.63, 3.8) is 0 Å². The van der Waals surface area contributed by atoms with Crippen LogP contribution in [0, 0.1) is 0 Å². The summed E-state index contributed by atoms with van der Waals surface area (Å²) >= 11 is 0. The molecule has 0 fully saturated rings. The Balaban J connectivity index is 2.43. The van der Waals surface area contributed by atoms with Gasteiger partial charge >= 0.3 is 0 Å². The summed E-state index contributed by atoms with van der Waals surface area (Å²) < 4.78 is 5.43. The van der Waals surface area contributed by atoms with Crippen molar-refractivity contribution in [1.29, 1.82) is 0 Å². The first-order valence-corrected chi connectivity index (χ1v) is 6.84. The van der Waals surface area contributed by atoms with Gasteiger partial charge in [0.1, 0.15) is 5.75 Å². The van der Waals surface area contributed by atoms with Crippen LogP contribution in [-0.2, 0) is 4.79 Å². The molecule has 106 valence electrons. The van der Waals surface area contributed by atoms with E-state index in [1.807, 2.05) is 45.0 Å². The van der Waals surface area contributed by atoms with E-state index in [2.05, 4.69) is 5.32 Å². The van der Waals surface area contributed by atoms with E-state index in [0.29, 0.717) is 5.75 Å². The van der Waals surface area contributed by atoms with E-state index in [9.17, 15) is 4.79 Å². The highest BCUT2D eigenvalue weighted by atomic mass is 16.5. The van der Waals surface area contributed by atoms with Crippen LogP contribution in [0.4, 0.5) is 0 Å². The highest BCUT2D eigenvalue weighted by Gasteiger charge is 2.07. The second-order valence-corrected chi connectivity index (χ2v) is 4.75. The third-order valence-electron chi connectivity index (χ3n) is 3.14. The average molecular weight is 264 g/mol. The molecule has 4 heteroatoms. The van der Waals surface area contributed by atoms with E-state index < -0.39 is 0 Å². The van der Waals surface area contributed by atoms with Crippen LogP contribution in [0.3, 0.4) is 0 Å². The fourth-order valence-corrected chi connectivity index (χ4v) is 1.61. The Morgan fingerprint density at radius 3 is 2.42 bits per heavy atom. The van der Waals surface area contributed by atoms with Crippen molar-refractivity contribution in [1.82, 2.24) is 5.32 Å². The predicted molar refractivity (Wildman–Crippen MR) is 77.1 cm³/mol. The maximum absolute atomic E-state index is 11.6. The molecule has 0 bridgehead atoms. The maximum atomic E-state index is 11.6. The lowest BCUT2D eigenvalue weighted by molar-refractivity contribution is -0.123. The lowest BCUT2D eigenvalue weighted by Gasteiger charge is -2.13. The van der Waals surface area contributed by atoms with Gasteiger partial charge in [-0.05, 0) is 37.5 Å². The normalized spacial score (nSPS) is 13.7. The second kappa shape index (κ2) is 7.79. The van der Waals surface area contributed by atoms with E-state index >= 15 is 0 Å². The molecule has 0 heterocycles. The molecule has 0 aromatic heterocycles. The van der Waals surface area contributed by atoms with Crippen LogP contribution in [0.2, 0.25) is 0 Å². The highest BCUT2D eigenvalue weighted by Crippen LogP contribution is 2.18. The van der Waals surface area contributed by atoms with Gasteiger partial charge in [-0.15, -0.1) is 0 Å². The smallest absolute Gasteiger partial charge is 0.258 e. The number of hydrogen-bond donors (Lipinski definition) is 2. The second-order valence-electron chi connectivity index (χ2n) is 4.75. The number of amides is 1. The van der Waals surface area contributed by atoms with Crippen molar-refractivity contribution in [3.05, 3.63) is 29.8 Å². The molecule has 1 rings (SSSR count). The fraction of sp³-hybridized carbons (Fsp3) is 0.533. The van der Waals surface area contributed by atoms with E-state index in [0.717, 1.165) is 18.4 Å². The molecule has 0 aliphatic carbocycles. The number of carbonyl (C=O) groups excluding carboxylic acids is 1. The molecular weight excluding hydrogens is 240 g/mol. The Kier molecular flexibility index (Phi) is 6.36. The summed E-state index contributed by atoms with van der Waals surface area (Å²) in [7, 11) is 0. The number of ether oxygens (including phenoxy) is 1. The summed E-state index contributed by atoms with van der Waals surface area (Å²) in [6.45, 7) is 6.10. The summed E-state index contributed by atoms with van der Waals surface area (Å²) in [5, 5.41) is 2.85. The van der Waals surface area contributed by atoms with Crippen molar-refractivity contribution in [3.8, 4) is 5.75 Å². The summed E-state index contributed by atoms with van der Waals surface area (Å²) in [5.41, 5.74) is 7.01. The van der Waals surface area contributed by atoms with Gasteiger partial charge in [-0.3, -0.25) is 4.79 Å². The minimum Gasteiger partial charge on any atom is -0.484 e. The summed E-state index contributed by atoms with van der Waals surface area (Å²) in [4.78, 5) is 11.6. The van der Waals surface area contributed by atoms with Crippen molar-refractivity contribution in [2.75, 3.05) is 6.61 Å².